The highest BCUT2D eigenvalue weighted by Crippen LogP contribution is 2.23. The molecule has 0 saturated heterocycles. The molecular weight excluding hydrogens is 424 g/mol. The van der Waals surface area contributed by atoms with Crippen molar-refractivity contribution in [3.63, 3.8) is 0 Å². The van der Waals surface area contributed by atoms with Crippen LogP contribution in [-0.4, -0.2) is 46.7 Å². The standard InChI is InChI=1S/C28H32N4O2/c1-18-11-25(33)12-19(2)26(18)16-24(32(3)4)17-29-28-30-23(15-27(34)31-28)14-20-9-10-21-7-5-6-8-22(21)13-20/h5-13,15,24,33H,14,16-17H2,1-4H3,(H2,29,30,31,34)/t24-/m1/s1. The van der Waals surface area contributed by atoms with E-state index in [1.54, 1.807) is 18.2 Å². The zero-order chi connectivity index (χ0) is 24.2. The molecule has 0 unspecified atom stereocenters. The maximum Gasteiger partial charge on any atom is 0.252 e. The van der Waals surface area contributed by atoms with Crippen LogP contribution in [-0.2, 0) is 12.8 Å². The largest absolute Gasteiger partial charge is 0.508 e. The second-order valence-electron chi connectivity index (χ2n) is 9.20. The van der Waals surface area contributed by atoms with Crippen LogP contribution in [0, 0.1) is 13.8 Å². The molecule has 0 aliphatic rings. The molecule has 4 aromatic rings. The fourth-order valence-corrected chi connectivity index (χ4v) is 4.42. The number of aryl methyl sites for hydroxylation is 2. The van der Waals surface area contributed by atoms with Crippen molar-refractivity contribution in [3.05, 3.63) is 99.0 Å². The van der Waals surface area contributed by atoms with Crippen LogP contribution in [0.15, 0.2) is 65.5 Å². The van der Waals surface area contributed by atoms with Gasteiger partial charge in [0.25, 0.3) is 5.56 Å². The van der Waals surface area contributed by atoms with E-state index in [0.29, 0.717) is 24.7 Å². The monoisotopic (exact) mass is 456 g/mol. The molecule has 176 valence electrons. The average molecular weight is 457 g/mol. The second kappa shape index (κ2) is 10.1. The summed E-state index contributed by atoms with van der Waals surface area (Å²) in [5, 5.41) is 15.6. The topological polar surface area (TPSA) is 81.2 Å². The van der Waals surface area contributed by atoms with Crippen LogP contribution in [0.5, 0.6) is 5.75 Å². The fourth-order valence-electron chi connectivity index (χ4n) is 4.42. The van der Waals surface area contributed by atoms with Crippen LogP contribution < -0.4 is 10.9 Å². The molecule has 0 bridgehead atoms. The average Bonchev–Trinajstić information content (AvgIpc) is 2.77. The van der Waals surface area contributed by atoms with Crippen molar-refractivity contribution in [1.29, 1.82) is 0 Å². The van der Waals surface area contributed by atoms with E-state index in [1.807, 2.05) is 40.1 Å². The van der Waals surface area contributed by atoms with Gasteiger partial charge in [0.15, 0.2) is 0 Å². The Morgan fingerprint density at radius 3 is 2.41 bits per heavy atom. The lowest BCUT2D eigenvalue weighted by Crippen LogP contribution is -2.37. The quantitative estimate of drug-likeness (QED) is 0.366. The molecule has 1 aromatic heterocycles. The normalized spacial score (nSPS) is 12.3. The Bertz CT molecular complexity index is 1340. The highest BCUT2D eigenvalue weighted by molar-refractivity contribution is 5.83. The highest BCUT2D eigenvalue weighted by Gasteiger charge is 2.16. The molecule has 3 N–H and O–H groups in total. The number of benzene rings is 3. The number of aromatic nitrogens is 2. The number of hydrogen-bond acceptors (Lipinski definition) is 5. The van der Waals surface area contributed by atoms with E-state index < -0.39 is 0 Å². The third kappa shape index (κ3) is 5.64. The number of aromatic amines is 1. The molecule has 0 saturated carbocycles. The first-order valence-electron chi connectivity index (χ1n) is 11.6. The van der Waals surface area contributed by atoms with Crippen molar-refractivity contribution < 1.29 is 5.11 Å². The molecule has 0 spiro atoms. The number of nitrogens with one attached hydrogen (secondary N) is 2. The third-order valence-electron chi connectivity index (χ3n) is 6.35. The number of phenolic OH excluding ortho intramolecular Hbond substituents is 1. The number of anilines is 1. The van der Waals surface area contributed by atoms with Gasteiger partial charge < -0.3 is 15.3 Å². The van der Waals surface area contributed by atoms with Gasteiger partial charge in [0, 0.05) is 25.1 Å². The summed E-state index contributed by atoms with van der Waals surface area (Å²) >= 11 is 0. The lowest BCUT2D eigenvalue weighted by atomic mass is 9.95. The number of hydrogen-bond donors (Lipinski definition) is 3. The molecule has 6 heteroatoms. The first-order chi connectivity index (χ1) is 16.3. The third-order valence-corrected chi connectivity index (χ3v) is 6.35. The Morgan fingerprint density at radius 1 is 1.00 bits per heavy atom. The van der Waals surface area contributed by atoms with Crippen LogP contribution in [0.4, 0.5) is 5.95 Å². The molecule has 0 amide bonds. The first kappa shape index (κ1) is 23.5. The number of H-pyrrole nitrogens is 1. The second-order valence-corrected chi connectivity index (χ2v) is 9.20. The van der Waals surface area contributed by atoms with Crippen LogP contribution in [0.1, 0.15) is 27.9 Å². The number of nitrogens with zero attached hydrogens (tertiary/aromatic N) is 2. The summed E-state index contributed by atoms with van der Waals surface area (Å²) in [6.07, 6.45) is 1.41. The lowest BCUT2D eigenvalue weighted by Gasteiger charge is -2.26. The van der Waals surface area contributed by atoms with Gasteiger partial charge in [0.1, 0.15) is 5.75 Å². The van der Waals surface area contributed by atoms with E-state index >= 15 is 0 Å². The summed E-state index contributed by atoms with van der Waals surface area (Å²) in [5.74, 6) is 0.776. The summed E-state index contributed by atoms with van der Waals surface area (Å²) in [6, 6.07) is 19.9. The first-order valence-corrected chi connectivity index (χ1v) is 11.6. The van der Waals surface area contributed by atoms with E-state index in [1.165, 1.54) is 16.3 Å². The SMILES string of the molecule is Cc1cc(O)cc(C)c1C[C@H](CNc1nc(Cc2ccc3ccccc3c2)cc(=O)[nH]1)N(C)C. The Hall–Kier alpha value is -3.64. The van der Waals surface area contributed by atoms with Crippen LogP contribution >= 0.6 is 0 Å². The number of likely N-dealkylation sites (N-methyl/N-ethyl adjacent to an activating group) is 1. The van der Waals surface area contributed by atoms with Gasteiger partial charge in [-0.2, -0.15) is 0 Å². The van der Waals surface area contributed by atoms with Gasteiger partial charge in [-0.05, 0) is 79.5 Å². The van der Waals surface area contributed by atoms with Crippen molar-refractivity contribution in [1.82, 2.24) is 14.9 Å². The van der Waals surface area contributed by atoms with Gasteiger partial charge in [0.2, 0.25) is 5.95 Å². The Kier molecular flexibility index (Phi) is 6.98. The molecule has 0 aliphatic heterocycles. The lowest BCUT2D eigenvalue weighted by molar-refractivity contribution is 0.302. The predicted molar refractivity (Wildman–Crippen MR) is 139 cm³/mol. The molecule has 0 radical (unpaired) electrons. The highest BCUT2D eigenvalue weighted by atomic mass is 16.3. The molecular formula is C28H32N4O2. The fraction of sp³-hybridized carbons (Fsp3) is 0.286. The summed E-state index contributed by atoms with van der Waals surface area (Å²) < 4.78 is 0. The van der Waals surface area contributed by atoms with Crippen LogP contribution in [0.3, 0.4) is 0 Å². The summed E-state index contributed by atoms with van der Waals surface area (Å²) in [4.78, 5) is 22.0. The smallest absolute Gasteiger partial charge is 0.252 e. The maximum absolute atomic E-state index is 12.3. The van der Waals surface area contributed by atoms with Gasteiger partial charge >= 0.3 is 0 Å². The minimum Gasteiger partial charge on any atom is -0.508 e. The molecule has 4 rings (SSSR count). The molecule has 3 aromatic carbocycles. The van der Waals surface area contributed by atoms with E-state index in [2.05, 4.69) is 50.5 Å². The molecule has 0 aliphatic carbocycles. The van der Waals surface area contributed by atoms with Crippen molar-refractivity contribution >= 4 is 16.7 Å². The summed E-state index contributed by atoms with van der Waals surface area (Å²) in [7, 11) is 4.09. The van der Waals surface area contributed by atoms with Crippen molar-refractivity contribution in [2.75, 3.05) is 26.0 Å². The molecule has 34 heavy (non-hydrogen) atoms. The van der Waals surface area contributed by atoms with E-state index in [-0.39, 0.29) is 11.6 Å². The van der Waals surface area contributed by atoms with E-state index in [9.17, 15) is 9.90 Å². The van der Waals surface area contributed by atoms with Gasteiger partial charge in [-0.1, -0.05) is 42.5 Å². The minimum atomic E-state index is -0.167. The molecule has 6 nitrogen and oxygen atoms in total. The van der Waals surface area contributed by atoms with Gasteiger partial charge in [-0.3, -0.25) is 9.78 Å². The number of aromatic hydroxyl groups is 1. The van der Waals surface area contributed by atoms with Gasteiger partial charge in [0.05, 0.1) is 5.69 Å². The molecule has 1 heterocycles. The molecule has 0 fully saturated rings. The Morgan fingerprint density at radius 2 is 1.71 bits per heavy atom. The minimum absolute atomic E-state index is 0.167. The predicted octanol–water partition coefficient (Wildman–Crippen LogP) is 4.42. The van der Waals surface area contributed by atoms with Crippen LogP contribution in [0.2, 0.25) is 0 Å². The van der Waals surface area contributed by atoms with E-state index in [0.717, 1.165) is 28.8 Å². The zero-order valence-corrected chi connectivity index (χ0v) is 20.2. The Balaban J connectivity index is 1.49. The summed E-state index contributed by atoms with van der Waals surface area (Å²) in [6.45, 7) is 4.67. The van der Waals surface area contributed by atoms with Gasteiger partial charge in [-0.25, -0.2) is 4.98 Å². The molecule has 1 atom stereocenters. The van der Waals surface area contributed by atoms with Crippen molar-refractivity contribution in [2.24, 2.45) is 0 Å². The zero-order valence-electron chi connectivity index (χ0n) is 20.2. The number of phenols is 1. The maximum atomic E-state index is 12.3. The number of rotatable bonds is 8. The Labute approximate surface area is 200 Å². The van der Waals surface area contributed by atoms with E-state index in [4.69, 9.17) is 0 Å². The summed E-state index contributed by atoms with van der Waals surface area (Å²) in [5.41, 5.74) is 5.06. The number of fused-ring (bicyclic) bond motifs is 1. The van der Waals surface area contributed by atoms with Crippen LogP contribution in [0.25, 0.3) is 10.8 Å². The van der Waals surface area contributed by atoms with Crippen molar-refractivity contribution in [3.8, 4) is 5.75 Å². The van der Waals surface area contributed by atoms with Crippen molar-refractivity contribution in [2.45, 2.75) is 32.7 Å². The van der Waals surface area contributed by atoms with Gasteiger partial charge in [-0.15, -0.1) is 0 Å².